The van der Waals surface area contributed by atoms with Gasteiger partial charge in [-0.25, -0.2) is 0 Å². The Morgan fingerprint density at radius 2 is 1.85 bits per heavy atom. The molecule has 0 aliphatic rings. The highest BCUT2D eigenvalue weighted by atomic mass is 35.5. The van der Waals surface area contributed by atoms with Crippen LogP contribution in [0.3, 0.4) is 0 Å². The number of hydrogen-bond donors (Lipinski definition) is 1. The Balaban J connectivity index is 3.02. The summed E-state index contributed by atoms with van der Waals surface area (Å²) in [4.78, 5) is 14.4. The number of anilines is 1. The van der Waals surface area contributed by atoms with Crippen molar-refractivity contribution < 1.29 is 4.79 Å². The molecule has 1 aromatic carbocycles. The minimum Gasteiger partial charge on any atom is -0.399 e. The second-order valence-electron chi connectivity index (χ2n) is 4.89. The summed E-state index contributed by atoms with van der Waals surface area (Å²) in [5.74, 6) is 0.382. The first-order valence-electron chi connectivity index (χ1n) is 6.98. The lowest BCUT2D eigenvalue weighted by Gasteiger charge is -2.26. The smallest absolute Gasteiger partial charge is 0.255 e. The van der Waals surface area contributed by atoms with Crippen LogP contribution in [0.2, 0.25) is 10.0 Å². The Morgan fingerprint density at radius 3 is 2.35 bits per heavy atom. The molecule has 0 fully saturated rings. The Labute approximate surface area is 131 Å². The van der Waals surface area contributed by atoms with Crippen LogP contribution < -0.4 is 5.73 Å². The normalized spacial score (nSPS) is 10.9. The van der Waals surface area contributed by atoms with E-state index in [1.807, 2.05) is 6.92 Å². The van der Waals surface area contributed by atoms with Crippen molar-refractivity contribution in [2.75, 3.05) is 18.8 Å². The topological polar surface area (TPSA) is 46.3 Å². The average molecular weight is 317 g/mol. The number of carbonyl (C=O) groups excluding carboxylic acids is 1. The zero-order chi connectivity index (χ0) is 15.3. The molecule has 0 unspecified atom stereocenters. The van der Waals surface area contributed by atoms with Gasteiger partial charge in [-0.2, -0.15) is 0 Å². The molecule has 3 nitrogen and oxygen atoms in total. The van der Waals surface area contributed by atoms with E-state index in [-0.39, 0.29) is 10.9 Å². The maximum Gasteiger partial charge on any atom is 0.255 e. The molecule has 1 rings (SSSR count). The van der Waals surface area contributed by atoms with Gasteiger partial charge >= 0.3 is 0 Å². The van der Waals surface area contributed by atoms with E-state index < -0.39 is 0 Å². The van der Waals surface area contributed by atoms with E-state index >= 15 is 0 Å². The zero-order valence-electron chi connectivity index (χ0n) is 12.2. The van der Waals surface area contributed by atoms with Crippen molar-refractivity contribution in [1.82, 2.24) is 4.90 Å². The summed E-state index contributed by atoms with van der Waals surface area (Å²) < 4.78 is 0. The van der Waals surface area contributed by atoms with Gasteiger partial charge in [-0.3, -0.25) is 4.79 Å². The number of benzene rings is 1. The minimum atomic E-state index is -0.112. The van der Waals surface area contributed by atoms with E-state index in [4.69, 9.17) is 28.9 Å². The van der Waals surface area contributed by atoms with E-state index in [1.54, 1.807) is 17.0 Å². The van der Waals surface area contributed by atoms with Crippen molar-refractivity contribution in [1.29, 1.82) is 0 Å². The number of nitrogens with zero attached hydrogens (tertiary/aromatic N) is 1. The first-order chi connectivity index (χ1) is 9.44. The fourth-order valence-electron chi connectivity index (χ4n) is 2.15. The van der Waals surface area contributed by atoms with E-state index in [0.29, 0.717) is 28.7 Å². The number of rotatable bonds is 6. The number of halogens is 2. The van der Waals surface area contributed by atoms with Crippen LogP contribution in [0, 0.1) is 5.92 Å². The molecule has 1 aromatic rings. The van der Waals surface area contributed by atoms with Crippen molar-refractivity contribution in [3.8, 4) is 0 Å². The molecular weight excluding hydrogens is 295 g/mol. The van der Waals surface area contributed by atoms with Gasteiger partial charge in [-0.1, -0.05) is 49.9 Å². The molecule has 20 heavy (non-hydrogen) atoms. The maximum absolute atomic E-state index is 12.6. The highest BCUT2D eigenvalue weighted by Gasteiger charge is 2.21. The molecule has 0 atom stereocenters. The molecule has 0 saturated heterocycles. The van der Waals surface area contributed by atoms with Gasteiger partial charge in [0.25, 0.3) is 5.91 Å². The highest BCUT2D eigenvalue weighted by Crippen LogP contribution is 2.30. The number of amides is 1. The Bertz CT molecular complexity index is 473. The summed E-state index contributed by atoms with van der Waals surface area (Å²) in [6.45, 7) is 7.60. The molecule has 0 saturated carbocycles. The molecule has 0 radical (unpaired) electrons. The van der Waals surface area contributed by atoms with Gasteiger partial charge in [0.1, 0.15) is 0 Å². The van der Waals surface area contributed by atoms with E-state index in [1.165, 1.54) is 0 Å². The van der Waals surface area contributed by atoms with Gasteiger partial charge in [0, 0.05) is 18.8 Å². The predicted molar refractivity (Wildman–Crippen MR) is 86.5 cm³/mol. The second-order valence-corrected chi connectivity index (χ2v) is 5.68. The van der Waals surface area contributed by atoms with Crippen LogP contribution in [-0.4, -0.2) is 23.9 Å². The molecule has 0 spiro atoms. The standard InChI is InChI=1S/C15H22Cl2N2O/c1-4-10(5-2)9-19(6-3)15(20)12-7-11(18)8-13(16)14(12)17/h7-8,10H,4-6,9,18H2,1-3H3. The number of carbonyl (C=O) groups is 1. The summed E-state index contributed by atoms with van der Waals surface area (Å²) >= 11 is 12.1. The monoisotopic (exact) mass is 316 g/mol. The summed E-state index contributed by atoms with van der Waals surface area (Å²) in [7, 11) is 0. The molecule has 0 heterocycles. The molecule has 112 valence electrons. The lowest BCUT2D eigenvalue weighted by atomic mass is 10.0. The SMILES string of the molecule is CCC(CC)CN(CC)C(=O)c1cc(N)cc(Cl)c1Cl. The van der Waals surface area contributed by atoms with Crippen LogP contribution in [0.15, 0.2) is 12.1 Å². The number of hydrogen-bond acceptors (Lipinski definition) is 2. The molecule has 0 aliphatic heterocycles. The molecule has 0 aliphatic carbocycles. The van der Waals surface area contributed by atoms with Gasteiger partial charge < -0.3 is 10.6 Å². The van der Waals surface area contributed by atoms with Crippen LogP contribution in [0.25, 0.3) is 0 Å². The molecular formula is C15H22Cl2N2O. The van der Waals surface area contributed by atoms with Gasteiger partial charge in [0.05, 0.1) is 15.6 Å². The lowest BCUT2D eigenvalue weighted by Crippen LogP contribution is -2.35. The molecule has 1 amide bonds. The largest absolute Gasteiger partial charge is 0.399 e. The summed E-state index contributed by atoms with van der Waals surface area (Å²) in [6, 6.07) is 3.14. The van der Waals surface area contributed by atoms with Gasteiger partial charge in [-0.15, -0.1) is 0 Å². The Kier molecular flexibility index (Phi) is 6.63. The quantitative estimate of drug-likeness (QED) is 0.787. The van der Waals surface area contributed by atoms with E-state index in [2.05, 4.69) is 13.8 Å². The zero-order valence-corrected chi connectivity index (χ0v) is 13.8. The van der Waals surface area contributed by atoms with Crippen LogP contribution >= 0.6 is 23.2 Å². The summed E-state index contributed by atoms with van der Waals surface area (Å²) in [5, 5.41) is 0.586. The van der Waals surface area contributed by atoms with Crippen molar-refractivity contribution >= 4 is 34.8 Å². The number of nitrogen functional groups attached to an aromatic ring is 1. The lowest BCUT2D eigenvalue weighted by molar-refractivity contribution is 0.0735. The van der Waals surface area contributed by atoms with Crippen molar-refractivity contribution in [3.05, 3.63) is 27.7 Å². The highest BCUT2D eigenvalue weighted by molar-refractivity contribution is 6.44. The summed E-state index contributed by atoms with van der Waals surface area (Å²) in [6.07, 6.45) is 2.09. The van der Waals surface area contributed by atoms with Crippen LogP contribution in [0.5, 0.6) is 0 Å². The predicted octanol–water partition coefficient (Wildman–Crippen LogP) is 4.47. The van der Waals surface area contributed by atoms with Crippen molar-refractivity contribution in [3.63, 3.8) is 0 Å². The van der Waals surface area contributed by atoms with Gasteiger partial charge in [0.2, 0.25) is 0 Å². The third kappa shape index (κ3) is 4.03. The Morgan fingerprint density at radius 1 is 1.25 bits per heavy atom. The van der Waals surface area contributed by atoms with Crippen LogP contribution in [0.4, 0.5) is 5.69 Å². The van der Waals surface area contributed by atoms with Gasteiger partial charge in [0.15, 0.2) is 0 Å². The summed E-state index contributed by atoms with van der Waals surface area (Å²) in [5.41, 5.74) is 6.57. The third-order valence-electron chi connectivity index (χ3n) is 3.58. The van der Waals surface area contributed by atoms with E-state index in [9.17, 15) is 4.79 Å². The average Bonchev–Trinajstić information content (AvgIpc) is 2.43. The first kappa shape index (κ1) is 17.1. The van der Waals surface area contributed by atoms with Gasteiger partial charge in [-0.05, 0) is 25.0 Å². The molecule has 0 aromatic heterocycles. The minimum absolute atomic E-state index is 0.112. The van der Waals surface area contributed by atoms with Crippen LogP contribution in [-0.2, 0) is 0 Å². The van der Waals surface area contributed by atoms with Crippen molar-refractivity contribution in [2.45, 2.75) is 33.6 Å². The second kappa shape index (κ2) is 7.75. The molecule has 2 N–H and O–H groups in total. The van der Waals surface area contributed by atoms with Crippen LogP contribution in [0.1, 0.15) is 44.0 Å². The molecule has 0 bridgehead atoms. The Hall–Kier alpha value is -0.930. The first-order valence-corrected chi connectivity index (χ1v) is 7.73. The maximum atomic E-state index is 12.6. The van der Waals surface area contributed by atoms with Crippen molar-refractivity contribution in [2.24, 2.45) is 5.92 Å². The third-order valence-corrected chi connectivity index (χ3v) is 4.39. The fraction of sp³-hybridized carbons (Fsp3) is 0.533. The fourth-order valence-corrected chi connectivity index (χ4v) is 2.57. The van der Waals surface area contributed by atoms with E-state index in [0.717, 1.165) is 19.4 Å². The molecule has 5 heteroatoms. The number of nitrogens with two attached hydrogens (primary N) is 1.